The molecular formula is C14H15F3N4O3S. The molecule has 2 aromatic rings. The monoisotopic (exact) mass is 376 g/mol. The molecule has 2 N–H and O–H groups in total. The molecule has 0 saturated heterocycles. The number of hydrogen-bond acceptors (Lipinski definition) is 5. The van der Waals surface area contributed by atoms with Gasteiger partial charge >= 0.3 is 12.3 Å². The predicted octanol–water partition coefficient (Wildman–Crippen LogP) is 1.85. The van der Waals surface area contributed by atoms with Gasteiger partial charge in [0, 0.05) is 20.0 Å². The maximum atomic E-state index is 11.9. The Labute approximate surface area is 144 Å². The number of hydrogen-bond donors (Lipinski definition) is 2. The zero-order chi connectivity index (χ0) is 18.4. The fraction of sp³-hybridized carbons (Fsp3) is 0.357. The summed E-state index contributed by atoms with van der Waals surface area (Å²) in [7, 11) is 1.81. The molecule has 0 aliphatic carbocycles. The summed E-state index contributed by atoms with van der Waals surface area (Å²) in [6, 6.07) is 7.63. The number of fused-ring (bicyclic) bond motifs is 1. The first-order chi connectivity index (χ1) is 11.8. The van der Waals surface area contributed by atoms with Crippen LogP contribution in [0.5, 0.6) is 0 Å². The first-order valence-electron chi connectivity index (χ1n) is 7.11. The molecule has 1 aromatic heterocycles. The van der Waals surface area contributed by atoms with E-state index in [1.807, 2.05) is 35.9 Å². The number of carbonyl (C=O) groups is 2. The van der Waals surface area contributed by atoms with Gasteiger partial charge in [0.15, 0.2) is 6.61 Å². The molecular weight excluding hydrogens is 361 g/mol. The summed E-state index contributed by atoms with van der Waals surface area (Å²) in [5.41, 5.74) is 3.30. The molecule has 25 heavy (non-hydrogen) atoms. The summed E-state index contributed by atoms with van der Waals surface area (Å²) >= 11 is 1.39. The first kappa shape index (κ1) is 18.8. The van der Waals surface area contributed by atoms with Crippen LogP contribution < -0.4 is 15.5 Å². The maximum absolute atomic E-state index is 11.9. The Morgan fingerprint density at radius 3 is 2.72 bits per heavy atom. The fourth-order valence-electron chi connectivity index (χ4n) is 1.83. The third-order valence-electron chi connectivity index (χ3n) is 2.98. The molecule has 11 heteroatoms. The van der Waals surface area contributed by atoms with E-state index >= 15 is 0 Å². The van der Waals surface area contributed by atoms with Gasteiger partial charge in [-0.2, -0.15) is 13.2 Å². The normalized spacial score (nSPS) is 12.2. The lowest BCUT2D eigenvalue weighted by Gasteiger charge is -2.08. The molecule has 7 nitrogen and oxygen atoms in total. The molecule has 1 heterocycles. The zero-order valence-electron chi connectivity index (χ0n) is 13.1. The van der Waals surface area contributed by atoms with Gasteiger partial charge in [0.1, 0.15) is 0 Å². The Balaban J connectivity index is 1.80. The highest BCUT2D eigenvalue weighted by Gasteiger charge is 2.29. The van der Waals surface area contributed by atoms with Crippen LogP contribution in [0.2, 0.25) is 0 Å². The summed E-state index contributed by atoms with van der Waals surface area (Å²) in [5, 5.41) is 6.05. The standard InChI is InChI=1S/C14H15F3N4O3S/c1-21-9-4-2-3-5-10(9)25-12(21)20-19-11(22)6-7-18-13(23)24-8-14(15,16)17/h2-5H,6-8H2,1H3,(H,18,23)(H,19,22). The van der Waals surface area contributed by atoms with Crippen LogP contribution in [0.25, 0.3) is 10.2 Å². The lowest BCUT2D eigenvalue weighted by molar-refractivity contribution is -0.160. The molecule has 0 saturated carbocycles. The second-order valence-corrected chi connectivity index (χ2v) is 5.94. The van der Waals surface area contributed by atoms with E-state index in [9.17, 15) is 22.8 Å². The van der Waals surface area contributed by atoms with E-state index < -0.39 is 24.8 Å². The van der Waals surface area contributed by atoms with E-state index in [4.69, 9.17) is 0 Å². The number of aromatic nitrogens is 1. The molecule has 0 atom stereocenters. The predicted molar refractivity (Wildman–Crippen MR) is 84.5 cm³/mol. The van der Waals surface area contributed by atoms with Crippen molar-refractivity contribution in [2.45, 2.75) is 12.6 Å². The number of ether oxygens (including phenoxy) is 1. The van der Waals surface area contributed by atoms with Gasteiger partial charge in [0.05, 0.1) is 10.2 Å². The van der Waals surface area contributed by atoms with Crippen LogP contribution >= 0.6 is 11.3 Å². The van der Waals surface area contributed by atoms with Crippen LogP contribution in [0, 0.1) is 0 Å². The number of nitrogens with zero attached hydrogens (tertiary/aromatic N) is 2. The van der Waals surface area contributed by atoms with Crippen LogP contribution in [-0.2, 0) is 16.6 Å². The van der Waals surface area contributed by atoms with Crippen LogP contribution in [0.15, 0.2) is 29.4 Å². The Kier molecular flexibility index (Phi) is 6.02. The molecule has 2 amide bonds. The summed E-state index contributed by atoms with van der Waals surface area (Å²) < 4.78 is 42.3. The quantitative estimate of drug-likeness (QED) is 0.781. The van der Waals surface area contributed by atoms with Crippen molar-refractivity contribution in [2.24, 2.45) is 12.1 Å². The van der Waals surface area contributed by atoms with Crippen LogP contribution in [0.3, 0.4) is 0 Å². The molecule has 0 spiro atoms. The largest absolute Gasteiger partial charge is 0.440 e. The van der Waals surface area contributed by atoms with E-state index in [1.54, 1.807) is 0 Å². The molecule has 0 unspecified atom stereocenters. The second-order valence-electron chi connectivity index (χ2n) is 4.93. The van der Waals surface area contributed by atoms with Gasteiger partial charge in [-0.25, -0.2) is 10.2 Å². The minimum atomic E-state index is -4.59. The van der Waals surface area contributed by atoms with Crippen LogP contribution in [0.4, 0.5) is 18.0 Å². The molecule has 0 aliphatic heterocycles. The topological polar surface area (TPSA) is 84.7 Å². The van der Waals surface area contributed by atoms with Crippen LogP contribution in [0.1, 0.15) is 6.42 Å². The van der Waals surface area contributed by atoms with Gasteiger partial charge in [-0.05, 0) is 12.1 Å². The van der Waals surface area contributed by atoms with Gasteiger partial charge in [-0.15, -0.1) is 5.10 Å². The molecule has 0 bridgehead atoms. The van der Waals surface area contributed by atoms with Crippen molar-refractivity contribution in [1.82, 2.24) is 15.3 Å². The minimum Gasteiger partial charge on any atom is -0.440 e. The average molecular weight is 376 g/mol. The van der Waals surface area contributed by atoms with Gasteiger partial charge in [0.25, 0.3) is 0 Å². The Morgan fingerprint density at radius 1 is 1.32 bits per heavy atom. The molecule has 0 aliphatic rings. The number of alkyl halides is 3. The Bertz CT molecular complexity index is 829. The van der Waals surface area contributed by atoms with Crippen molar-refractivity contribution < 1.29 is 27.5 Å². The lowest BCUT2D eigenvalue weighted by Crippen LogP contribution is -2.32. The minimum absolute atomic E-state index is 0.154. The highest BCUT2D eigenvalue weighted by atomic mass is 32.1. The summed E-state index contributed by atoms with van der Waals surface area (Å²) in [4.78, 5) is 23.2. The summed E-state index contributed by atoms with van der Waals surface area (Å²) in [5.74, 6) is -0.492. The number of aryl methyl sites for hydroxylation is 1. The number of alkyl carbamates (subject to hydrolysis) is 1. The van der Waals surface area contributed by atoms with Crippen molar-refractivity contribution >= 4 is 33.6 Å². The number of halogens is 3. The maximum Gasteiger partial charge on any atom is 0.422 e. The second kappa shape index (κ2) is 8.01. The average Bonchev–Trinajstić information content (AvgIpc) is 2.87. The Morgan fingerprint density at radius 2 is 2.04 bits per heavy atom. The number of rotatable bonds is 5. The van der Waals surface area contributed by atoms with Gasteiger partial charge in [-0.1, -0.05) is 23.5 Å². The highest BCUT2D eigenvalue weighted by Crippen LogP contribution is 2.15. The summed E-state index contributed by atoms with van der Waals surface area (Å²) in [6.07, 6.45) is -5.98. The molecule has 0 fully saturated rings. The summed E-state index contributed by atoms with van der Waals surface area (Å²) in [6.45, 7) is -1.85. The number of benzene rings is 1. The highest BCUT2D eigenvalue weighted by molar-refractivity contribution is 7.16. The van der Waals surface area contributed by atoms with Crippen molar-refractivity contribution in [2.75, 3.05) is 13.2 Å². The van der Waals surface area contributed by atoms with Gasteiger partial charge < -0.3 is 14.6 Å². The van der Waals surface area contributed by atoms with Gasteiger partial charge in [-0.3, -0.25) is 4.79 Å². The van der Waals surface area contributed by atoms with Crippen molar-refractivity contribution in [3.05, 3.63) is 29.1 Å². The SMILES string of the molecule is Cn1c(=NNC(=O)CCNC(=O)OCC(F)(F)F)sc2ccccc21. The Hall–Kier alpha value is -2.56. The van der Waals surface area contributed by atoms with Crippen molar-refractivity contribution in [3.8, 4) is 0 Å². The van der Waals surface area contributed by atoms with Crippen LogP contribution in [-0.4, -0.2) is 35.9 Å². The molecule has 0 radical (unpaired) electrons. The van der Waals surface area contributed by atoms with E-state index in [0.29, 0.717) is 4.80 Å². The van der Waals surface area contributed by atoms with Crippen molar-refractivity contribution in [3.63, 3.8) is 0 Å². The molecule has 2 rings (SSSR count). The zero-order valence-corrected chi connectivity index (χ0v) is 13.9. The third kappa shape index (κ3) is 5.78. The fourth-order valence-corrected chi connectivity index (χ4v) is 2.81. The molecule has 1 aromatic carbocycles. The van der Waals surface area contributed by atoms with E-state index in [2.05, 4.69) is 20.6 Å². The molecule has 136 valence electrons. The number of para-hydroxylation sites is 1. The number of amides is 2. The number of carbonyl (C=O) groups excluding carboxylic acids is 2. The van der Waals surface area contributed by atoms with E-state index in [1.165, 1.54) is 11.3 Å². The first-order valence-corrected chi connectivity index (χ1v) is 7.92. The van der Waals surface area contributed by atoms with E-state index in [0.717, 1.165) is 10.2 Å². The lowest BCUT2D eigenvalue weighted by atomic mass is 10.3. The van der Waals surface area contributed by atoms with E-state index in [-0.39, 0.29) is 13.0 Å². The third-order valence-corrected chi connectivity index (χ3v) is 4.09. The smallest absolute Gasteiger partial charge is 0.422 e. The number of thiazole rings is 1. The van der Waals surface area contributed by atoms with Crippen molar-refractivity contribution in [1.29, 1.82) is 0 Å². The number of nitrogens with one attached hydrogen (secondary N) is 2. The van der Waals surface area contributed by atoms with Gasteiger partial charge in [0.2, 0.25) is 10.7 Å².